The van der Waals surface area contributed by atoms with Gasteiger partial charge in [0.05, 0.1) is 18.4 Å². The van der Waals surface area contributed by atoms with Gasteiger partial charge in [-0.3, -0.25) is 10.1 Å². The molecular weight excluding hydrogens is 282 g/mol. The quantitative estimate of drug-likeness (QED) is 0.555. The first-order chi connectivity index (χ1) is 9.76. The van der Waals surface area contributed by atoms with E-state index in [0.29, 0.717) is 0 Å². The van der Waals surface area contributed by atoms with Crippen LogP contribution in [0.15, 0.2) is 12.1 Å². The summed E-state index contributed by atoms with van der Waals surface area (Å²) in [5, 5.41) is 10.8. The van der Waals surface area contributed by atoms with Gasteiger partial charge >= 0.3 is 12.0 Å². The standard InChI is InChI=1S/C12H15N3O6/c1-5(10(16)15-12(14)19)21-9-3-6(11(17)18)7(13)4-8(9)20-2/h3-5H,13H2,1-2H3,(H,17,18)(H3,14,15,16,19). The predicted octanol–water partition coefficient (Wildman–Crippen LogP) is -0.0622. The van der Waals surface area contributed by atoms with E-state index in [-0.39, 0.29) is 22.7 Å². The maximum absolute atomic E-state index is 11.5. The monoisotopic (exact) mass is 297 g/mol. The molecular formula is C12H15N3O6. The summed E-state index contributed by atoms with van der Waals surface area (Å²) >= 11 is 0. The van der Waals surface area contributed by atoms with Crippen LogP contribution in [0.3, 0.4) is 0 Å². The van der Waals surface area contributed by atoms with Crippen LogP contribution in [0.2, 0.25) is 0 Å². The molecule has 1 unspecified atom stereocenters. The summed E-state index contributed by atoms with van der Waals surface area (Å²) in [5.41, 5.74) is 10.2. The molecule has 114 valence electrons. The Labute approximate surface area is 119 Å². The summed E-state index contributed by atoms with van der Waals surface area (Å²) in [6, 6.07) is 1.37. The summed E-state index contributed by atoms with van der Waals surface area (Å²) in [4.78, 5) is 33.1. The number of imide groups is 1. The molecule has 0 radical (unpaired) electrons. The third-order valence-electron chi connectivity index (χ3n) is 2.49. The van der Waals surface area contributed by atoms with Crippen LogP contribution in [0, 0.1) is 0 Å². The van der Waals surface area contributed by atoms with Crippen LogP contribution in [-0.2, 0) is 4.79 Å². The number of carboxylic acids is 1. The van der Waals surface area contributed by atoms with Gasteiger partial charge < -0.3 is 26.0 Å². The van der Waals surface area contributed by atoms with Crippen molar-refractivity contribution in [3.63, 3.8) is 0 Å². The highest BCUT2D eigenvalue weighted by atomic mass is 16.5. The van der Waals surface area contributed by atoms with Gasteiger partial charge in [-0.25, -0.2) is 9.59 Å². The molecule has 6 N–H and O–H groups in total. The number of hydrogen-bond acceptors (Lipinski definition) is 6. The molecule has 0 saturated carbocycles. The van der Waals surface area contributed by atoms with E-state index in [4.69, 9.17) is 26.0 Å². The van der Waals surface area contributed by atoms with Crippen molar-refractivity contribution in [2.75, 3.05) is 12.8 Å². The number of amides is 3. The molecule has 0 aliphatic rings. The van der Waals surface area contributed by atoms with E-state index < -0.39 is 24.0 Å². The van der Waals surface area contributed by atoms with Crippen molar-refractivity contribution in [2.24, 2.45) is 5.73 Å². The number of nitrogens with one attached hydrogen (secondary N) is 1. The Kier molecular flexibility index (Phi) is 4.95. The minimum atomic E-state index is -1.26. The SMILES string of the molecule is COc1cc(N)c(C(=O)O)cc1OC(C)C(=O)NC(N)=O. The summed E-state index contributed by atoms with van der Waals surface area (Å²) in [6.45, 7) is 1.36. The number of nitrogen functional groups attached to an aromatic ring is 1. The van der Waals surface area contributed by atoms with E-state index >= 15 is 0 Å². The molecule has 9 nitrogen and oxygen atoms in total. The first-order valence-corrected chi connectivity index (χ1v) is 5.74. The number of primary amides is 1. The van der Waals surface area contributed by atoms with Crippen molar-refractivity contribution >= 4 is 23.6 Å². The number of urea groups is 1. The topological polar surface area (TPSA) is 154 Å². The number of carbonyl (C=O) groups is 3. The zero-order valence-corrected chi connectivity index (χ0v) is 11.4. The smallest absolute Gasteiger partial charge is 0.337 e. The van der Waals surface area contributed by atoms with Crippen molar-refractivity contribution in [1.29, 1.82) is 0 Å². The van der Waals surface area contributed by atoms with Crippen LogP contribution in [0.1, 0.15) is 17.3 Å². The summed E-state index contributed by atoms with van der Waals surface area (Å²) < 4.78 is 10.3. The summed E-state index contributed by atoms with van der Waals surface area (Å²) in [6.07, 6.45) is -1.10. The maximum Gasteiger partial charge on any atom is 0.337 e. The Balaban J connectivity index is 3.06. The maximum atomic E-state index is 11.5. The van der Waals surface area contributed by atoms with E-state index in [0.717, 1.165) is 6.07 Å². The molecule has 0 aliphatic carbocycles. The highest BCUT2D eigenvalue weighted by molar-refractivity contribution is 5.96. The van der Waals surface area contributed by atoms with Crippen LogP contribution in [0.5, 0.6) is 11.5 Å². The van der Waals surface area contributed by atoms with Crippen LogP contribution in [0.25, 0.3) is 0 Å². The van der Waals surface area contributed by atoms with Gasteiger partial charge in [-0.2, -0.15) is 0 Å². The number of hydrogen-bond donors (Lipinski definition) is 4. The van der Waals surface area contributed by atoms with E-state index in [1.807, 2.05) is 5.32 Å². The van der Waals surface area contributed by atoms with Crippen LogP contribution >= 0.6 is 0 Å². The normalized spacial score (nSPS) is 11.3. The number of anilines is 1. The molecule has 1 aromatic carbocycles. The third kappa shape index (κ3) is 4.00. The lowest BCUT2D eigenvalue weighted by atomic mass is 10.1. The fourth-order valence-corrected chi connectivity index (χ4v) is 1.48. The third-order valence-corrected chi connectivity index (χ3v) is 2.49. The number of ether oxygens (including phenoxy) is 2. The van der Waals surface area contributed by atoms with E-state index in [1.165, 1.54) is 20.1 Å². The average Bonchev–Trinajstić information content (AvgIpc) is 2.38. The molecule has 0 saturated heterocycles. The molecule has 3 amide bonds. The van der Waals surface area contributed by atoms with Gasteiger partial charge in [-0.1, -0.05) is 0 Å². The fourth-order valence-electron chi connectivity index (χ4n) is 1.48. The first kappa shape index (κ1) is 16.1. The summed E-state index contributed by atoms with van der Waals surface area (Å²) in [5.74, 6) is -1.89. The molecule has 1 rings (SSSR count). The van der Waals surface area contributed by atoms with Gasteiger partial charge in [-0.05, 0) is 6.92 Å². The summed E-state index contributed by atoms with van der Waals surface area (Å²) in [7, 11) is 1.33. The van der Waals surface area contributed by atoms with Crippen LogP contribution in [0.4, 0.5) is 10.5 Å². The number of carboxylic acid groups (broad SMARTS) is 1. The number of nitrogens with two attached hydrogens (primary N) is 2. The van der Waals surface area contributed by atoms with Gasteiger partial charge in [0.2, 0.25) is 0 Å². The molecule has 0 fully saturated rings. The first-order valence-electron chi connectivity index (χ1n) is 5.74. The Hall–Kier alpha value is -2.97. The molecule has 1 aromatic rings. The van der Waals surface area contributed by atoms with Crippen molar-refractivity contribution in [1.82, 2.24) is 5.32 Å². The number of carbonyl (C=O) groups excluding carboxylic acids is 2. The molecule has 21 heavy (non-hydrogen) atoms. The highest BCUT2D eigenvalue weighted by Gasteiger charge is 2.20. The lowest BCUT2D eigenvalue weighted by Crippen LogP contribution is -2.42. The van der Waals surface area contributed by atoms with Gasteiger partial charge in [0.25, 0.3) is 5.91 Å². The second-order valence-corrected chi connectivity index (χ2v) is 4.01. The molecule has 0 bridgehead atoms. The van der Waals surface area contributed by atoms with E-state index in [1.54, 1.807) is 0 Å². The Morgan fingerprint density at radius 1 is 1.29 bits per heavy atom. The van der Waals surface area contributed by atoms with Crippen molar-refractivity contribution in [3.05, 3.63) is 17.7 Å². The molecule has 1 atom stereocenters. The van der Waals surface area contributed by atoms with Crippen LogP contribution < -0.4 is 26.3 Å². The largest absolute Gasteiger partial charge is 0.493 e. The van der Waals surface area contributed by atoms with Gasteiger partial charge in [-0.15, -0.1) is 0 Å². The Morgan fingerprint density at radius 2 is 1.90 bits per heavy atom. The van der Waals surface area contributed by atoms with Gasteiger partial charge in [0.15, 0.2) is 17.6 Å². The lowest BCUT2D eigenvalue weighted by molar-refractivity contribution is -0.126. The van der Waals surface area contributed by atoms with Crippen molar-refractivity contribution < 1.29 is 29.0 Å². The zero-order chi connectivity index (χ0) is 16.2. The molecule has 0 aromatic heterocycles. The predicted molar refractivity (Wildman–Crippen MR) is 72.2 cm³/mol. The minimum Gasteiger partial charge on any atom is -0.493 e. The van der Waals surface area contributed by atoms with E-state index in [2.05, 4.69) is 0 Å². The lowest BCUT2D eigenvalue weighted by Gasteiger charge is -2.17. The average molecular weight is 297 g/mol. The van der Waals surface area contributed by atoms with Gasteiger partial charge in [0.1, 0.15) is 0 Å². The Bertz CT molecular complexity index is 587. The Morgan fingerprint density at radius 3 is 2.38 bits per heavy atom. The van der Waals surface area contributed by atoms with Crippen LogP contribution in [-0.4, -0.2) is 36.2 Å². The second kappa shape index (κ2) is 6.46. The number of methoxy groups -OCH3 is 1. The zero-order valence-electron chi connectivity index (χ0n) is 11.4. The number of rotatable bonds is 5. The van der Waals surface area contributed by atoms with Crippen molar-refractivity contribution in [3.8, 4) is 11.5 Å². The number of benzene rings is 1. The molecule has 9 heteroatoms. The highest BCUT2D eigenvalue weighted by Crippen LogP contribution is 2.32. The minimum absolute atomic E-state index is 0.00350. The number of aromatic carboxylic acids is 1. The molecule has 0 spiro atoms. The molecule has 0 aliphatic heterocycles. The van der Waals surface area contributed by atoms with Gasteiger partial charge in [0, 0.05) is 12.1 Å². The fraction of sp³-hybridized carbons (Fsp3) is 0.250. The molecule has 0 heterocycles. The second-order valence-electron chi connectivity index (χ2n) is 4.01. The van der Waals surface area contributed by atoms with E-state index in [9.17, 15) is 14.4 Å². The van der Waals surface area contributed by atoms with Crippen molar-refractivity contribution in [2.45, 2.75) is 13.0 Å².